The van der Waals surface area contributed by atoms with Crippen LogP contribution in [0, 0.1) is 0 Å². The Hall–Kier alpha value is -3.03. The second-order valence-corrected chi connectivity index (χ2v) is 8.15. The number of rotatable bonds is 6. The molecule has 0 unspecified atom stereocenters. The lowest BCUT2D eigenvalue weighted by Gasteiger charge is -2.15. The summed E-state index contributed by atoms with van der Waals surface area (Å²) < 4.78 is 0. The normalized spacial score (nSPS) is 10.6. The lowest BCUT2D eigenvalue weighted by atomic mass is 10.3. The summed E-state index contributed by atoms with van der Waals surface area (Å²) >= 11 is 2.77. The summed E-state index contributed by atoms with van der Waals surface area (Å²) in [6, 6.07) is 19.9. The molecule has 5 nitrogen and oxygen atoms in total. The zero-order valence-corrected chi connectivity index (χ0v) is 17.1. The molecule has 7 heteroatoms. The first-order valence-electron chi connectivity index (χ1n) is 8.67. The quantitative estimate of drug-likeness (QED) is 0.403. The van der Waals surface area contributed by atoms with E-state index in [1.54, 1.807) is 12.4 Å². The van der Waals surface area contributed by atoms with Crippen molar-refractivity contribution in [2.75, 3.05) is 23.9 Å². The number of aromatic nitrogens is 2. The number of hydrogen-bond donors (Lipinski definition) is 0. The van der Waals surface area contributed by atoms with Gasteiger partial charge in [-0.1, -0.05) is 59.1 Å². The molecule has 0 N–H and O–H groups in total. The third kappa shape index (κ3) is 3.67. The largest absolute Gasteiger partial charge is 0.321 e. The summed E-state index contributed by atoms with van der Waals surface area (Å²) in [5, 5.41) is 1.56. The minimum atomic E-state index is -0.0459. The Morgan fingerprint density at radius 2 is 1.11 bits per heavy atom. The molecule has 0 aliphatic carbocycles. The number of para-hydroxylation sites is 2. The summed E-state index contributed by atoms with van der Waals surface area (Å²) in [6.07, 6.45) is 3.28. The molecule has 0 saturated heterocycles. The van der Waals surface area contributed by atoms with Gasteiger partial charge in [-0.05, 0) is 24.3 Å². The van der Waals surface area contributed by atoms with Crippen molar-refractivity contribution in [1.29, 1.82) is 0 Å². The topological polar surface area (TPSA) is 49.3 Å². The molecule has 2 aromatic carbocycles. The number of carbonyl (C=O) groups excluding carboxylic acids is 1. The summed E-state index contributed by atoms with van der Waals surface area (Å²) in [6.45, 7) is 0. The van der Waals surface area contributed by atoms with Crippen molar-refractivity contribution in [2.24, 2.45) is 0 Å². The Balaban J connectivity index is 1.53. The Bertz CT molecular complexity index is 990. The van der Waals surface area contributed by atoms with Gasteiger partial charge >= 0.3 is 0 Å². The molecular formula is C21H18N4OS2. The second-order valence-electron chi connectivity index (χ2n) is 6.13. The number of thiazole rings is 2. The number of carbonyl (C=O) groups is 1. The second kappa shape index (κ2) is 7.92. The molecule has 0 amide bonds. The van der Waals surface area contributed by atoms with E-state index in [-0.39, 0.29) is 5.78 Å². The van der Waals surface area contributed by atoms with Crippen LogP contribution >= 0.6 is 22.7 Å². The number of ketones is 1. The van der Waals surface area contributed by atoms with Crippen molar-refractivity contribution in [1.82, 2.24) is 9.97 Å². The van der Waals surface area contributed by atoms with E-state index in [1.165, 1.54) is 22.7 Å². The van der Waals surface area contributed by atoms with E-state index in [4.69, 9.17) is 0 Å². The smallest absolute Gasteiger partial charge is 0.216 e. The van der Waals surface area contributed by atoms with E-state index in [0.717, 1.165) is 21.6 Å². The predicted octanol–water partition coefficient (Wildman–Crippen LogP) is 5.37. The van der Waals surface area contributed by atoms with Crippen molar-refractivity contribution in [3.05, 3.63) is 82.8 Å². The molecule has 4 aromatic rings. The molecule has 0 bridgehead atoms. The van der Waals surface area contributed by atoms with Crippen LogP contribution in [0.2, 0.25) is 0 Å². The lowest BCUT2D eigenvalue weighted by molar-refractivity contribution is 0.104. The molecule has 0 radical (unpaired) electrons. The molecule has 2 heterocycles. The molecule has 0 aliphatic heterocycles. The Labute approximate surface area is 171 Å². The molecular weight excluding hydrogens is 388 g/mol. The van der Waals surface area contributed by atoms with Crippen LogP contribution < -0.4 is 9.80 Å². The number of anilines is 4. The SMILES string of the molecule is CN(c1ccccc1)c1ncc(C(=O)c2cnc(N(C)c3ccccc3)s2)s1. The van der Waals surface area contributed by atoms with Gasteiger partial charge in [0.15, 0.2) is 10.3 Å². The Morgan fingerprint density at radius 1 is 0.714 bits per heavy atom. The molecule has 140 valence electrons. The maximum Gasteiger partial charge on any atom is 0.216 e. The van der Waals surface area contributed by atoms with Gasteiger partial charge in [-0.25, -0.2) is 9.97 Å². The van der Waals surface area contributed by atoms with Gasteiger partial charge in [-0.3, -0.25) is 4.79 Å². The maximum absolute atomic E-state index is 12.9. The molecule has 2 aromatic heterocycles. The zero-order valence-electron chi connectivity index (χ0n) is 15.4. The average molecular weight is 407 g/mol. The van der Waals surface area contributed by atoms with Gasteiger partial charge in [-0.15, -0.1) is 0 Å². The average Bonchev–Trinajstić information content (AvgIpc) is 3.44. The monoisotopic (exact) mass is 406 g/mol. The lowest BCUT2D eigenvalue weighted by Crippen LogP contribution is -2.08. The highest BCUT2D eigenvalue weighted by Gasteiger charge is 2.19. The zero-order chi connectivity index (χ0) is 19.5. The van der Waals surface area contributed by atoms with Crippen LogP contribution in [0.1, 0.15) is 14.5 Å². The van der Waals surface area contributed by atoms with Crippen molar-refractivity contribution in [3.63, 3.8) is 0 Å². The van der Waals surface area contributed by atoms with E-state index < -0.39 is 0 Å². The third-order valence-electron chi connectivity index (χ3n) is 4.30. The maximum atomic E-state index is 12.9. The van der Waals surface area contributed by atoms with Gasteiger partial charge in [0.25, 0.3) is 0 Å². The van der Waals surface area contributed by atoms with Gasteiger partial charge in [0.05, 0.1) is 22.1 Å². The van der Waals surface area contributed by atoms with Gasteiger partial charge in [0, 0.05) is 25.5 Å². The predicted molar refractivity (Wildman–Crippen MR) is 117 cm³/mol. The summed E-state index contributed by atoms with van der Waals surface area (Å²) in [5.41, 5.74) is 2.06. The van der Waals surface area contributed by atoms with E-state index in [2.05, 4.69) is 9.97 Å². The first kappa shape index (κ1) is 18.3. The summed E-state index contributed by atoms with van der Waals surface area (Å²) in [7, 11) is 3.89. The highest BCUT2D eigenvalue weighted by atomic mass is 32.1. The number of benzene rings is 2. The van der Waals surface area contributed by atoms with Crippen molar-refractivity contribution >= 4 is 50.1 Å². The number of nitrogens with zero attached hydrogens (tertiary/aromatic N) is 4. The van der Waals surface area contributed by atoms with E-state index >= 15 is 0 Å². The minimum absolute atomic E-state index is 0.0459. The minimum Gasteiger partial charge on any atom is -0.321 e. The van der Waals surface area contributed by atoms with Crippen molar-refractivity contribution in [3.8, 4) is 0 Å². The highest BCUT2D eigenvalue weighted by molar-refractivity contribution is 7.20. The van der Waals surface area contributed by atoms with Crippen molar-refractivity contribution < 1.29 is 4.79 Å². The number of hydrogen-bond acceptors (Lipinski definition) is 7. The molecule has 0 spiro atoms. The fourth-order valence-electron chi connectivity index (χ4n) is 2.70. The van der Waals surface area contributed by atoms with Gasteiger partial charge in [-0.2, -0.15) is 0 Å². The van der Waals surface area contributed by atoms with Crippen LogP contribution in [0.3, 0.4) is 0 Å². The first-order chi connectivity index (χ1) is 13.6. The van der Waals surface area contributed by atoms with Crippen LogP contribution in [0.5, 0.6) is 0 Å². The Morgan fingerprint density at radius 3 is 1.50 bits per heavy atom. The van der Waals surface area contributed by atoms with Crippen LogP contribution in [-0.2, 0) is 0 Å². The standard InChI is InChI=1S/C21H18N4OS2/c1-24(15-9-5-3-6-10-15)20-22-13-17(27-20)19(26)18-14-23-21(28-18)25(2)16-11-7-4-8-12-16/h3-14H,1-2H3. The molecule has 0 fully saturated rings. The van der Waals surface area contributed by atoms with E-state index in [9.17, 15) is 4.79 Å². The molecule has 0 saturated carbocycles. The van der Waals surface area contributed by atoms with Gasteiger partial charge in [0.2, 0.25) is 5.78 Å². The Kier molecular flexibility index (Phi) is 5.18. The van der Waals surface area contributed by atoms with Crippen LogP contribution in [0.25, 0.3) is 0 Å². The summed E-state index contributed by atoms with van der Waals surface area (Å²) in [4.78, 5) is 26.9. The molecule has 0 atom stereocenters. The fourth-order valence-corrected chi connectivity index (χ4v) is 4.47. The third-order valence-corrected chi connectivity index (χ3v) is 6.44. The van der Waals surface area contributed by atoms with Crippen LogP contribution in [0.15, 0.2) is 73.1 Å². The molecule has 28 heavy (non-hydrogen) atoms. The fraction of sp³-hybridized carbons (Fsp3) is 0.0952. The highest BCUT2D eigenvalue weighted by Crippen LogP contribution is 2.32. The molecule has 0 aliphatic rings. The molecule has 4 rings (SSSR count). The van der Waals surface area contributed by atoms with Crippen LogP contribution in [0.4, 0.5) is 21.6 Å². The first-order valence-corrected chi connectivity index (χ1v) is 10.3. The van der Waals surface area contributed by atoms with Gasteiger partial charge in [0.1, 0.15) is 0 Å². The van der Waals surface area contributed by atoms with Crippen LogP contribution in [-0.4, -0.2) is 29.8 Å². The van der Waals surface area contributed by atoms with Gasteiger partial charge < -0.3 is 9.80 Å². The summed E-state index contributed by atoms with van der Waals surface area (Å²) in [5.74, 6) is -0.0459. The van der Waals surface area contributed by atoms with E-state index in [1.807, 2.05) is 84.6 Å². The van der Waals surface area contributed by atoms with Crippen molar-refractivity contribution in [2.45, 2.75) is 0 Å². The van der Waals surface area contributed by atoms with E-state index in [0.29, 0.717) is 9.75 Å².